The van der Waals surface area contributed by atoms with Crippen LogP contribution in [-0.2, 0) is 5.75 Å². The standard InChI is InChI=1S/C15H19N3OS/c1-11-4-6-13(7-5-11)20-10-14-17-15(19-18-14)12-3-2-8-16-9-12/h4-7,12,16H,2-3,8-10H2,1H3/t12-/m1/s1. The second-order valence-corrected chi connectivity index (χ2v) is 6.24. The van der Waals surface area contributed by atoms with Crippen LogP contribution in [0.2, 0.25) is 0 Å². The van der Waals surface area contributed by atoms with Gasteiger partial charge in [0.25, 0.3) is 0 Å². The smallest absolute Gasteiger partial charge is 0.231 e. The van der Waals surface area contributed by atoms with Crippen molar-refractivity contribution in [2.24, 2.45) is 0 Å². The Bertz CT molecular complexity index is 547. The lowest BCUT2D eigenvalue weighted by molar-refractivity contribution is 0.320. The molecule has 0 radical (unpaired) electrons. The Morgan fingerprint density at radius 2 is 2.20 bits per heavy atom. The maximum Gasteiger partial charge on any atom is 0.231 e. The molecular formula is C15H19N3OS. The first-order chi connectivity index (χ1) is 9.81. The molecule has 1 aromatic carbocycles. The molecule has 0 spiro atoms. The lowest BCUT2D eigenvalue weighted by Gasteiger charge is -2.18. The van der Waals surface area contributed by atoms with Crippen molar-refractivity contribution in [3.05, 3.63) is 41.5 Å². The molecule has 2 heterocycles. The summed E-state index contributed by atoms with van der Waals surface area (Å²) in [6.07, 6.45) is 2.32. The van der Waals surface area contributed by atoms with Crippen LogP contribution in [0.15, 0.2) is 33.7 Å². The third-order valence-corrected chi connectivity index (χ3v) is 4.53. The number of thioether (sulfide) groups is 1. The number of aryl methyl sites for hydroxylation is 1. The van der Waals surface area contributed by atoms with Gasteiger partial charge in [0.15, 0.2) is 5.82 Å². The Morgan fingerprint density at radius 3 is 2.95 bits per heavy atom. The highest BCUT2D eigenvalue weighted by atomic mass is 32.2. The molecule has 0 aliphatic carbocycles. The molecule has 1 aliphatic rings. The van der Waals surface area contributed by atoms with E-state index in [9.17, 15) is 0 Å². The molecule has 0 amide bonds. The fraction of sp³-hybridized carbons (Fsp3) is 0.467. The Hall–Kier alpha value is -1.33. The van der Waals surface area contributed by atoms with E-state index >= 15 is 0 Å². The minimum atomic E-state index is 0.384. The average Bonchev–Trinajstić information content (AvgIpc) is 2.97. The molecule has 20 heavy (non-hydrogen) atoms. The molecule has 2 aromatic rings. The van der Waals surface area contributed by atoms with Gasteiger partial charge in [-0.25, -0.2) is 0 Å². The highest BCUT2D eigenvalue weighted by molar-refractivity contribution is 7.98. The zero-order chi connectivity index (χ0) is 13.8. The first-order valence-electron chi connectivity index (χ1n) is 7.04. The Morgan fingerprint density at radius 1 is 1.35 bits per heavy atom. The van der Waals surface area contributed by atoms with Gasteiger partial charge in [0, 0.05) is 11.4 Å². The molecule has 0 saturated carbocycles. The molecule has 3 rings (SSSR count). The zero-order valence-corrected chi connectivity index (χ0v) is 12.4. The number of hydrogen-bond acceptors (Lipinski definition) is 5. The van der Waals surface area contributed by atoms with E-state index in [1.54, 1.807) is 11.8 Å². The number of nitrogens with one attached hydrogen (secondary N) is 1. The van der Waals surface area contributed by atoms with Gasteiger partial charge in [0.05, 0.1) is 11.7 Å². The van der Waals surface area contributed by atoms with Crippen LogP contribution >= 0.6 is 11.8 Å². The normalized spacial score (nSPS) is 19.1. The molecular weight excluding hydrogens is 270 g/mol. The Kier molecular flexibility index (Phi) is 4.38. The van der Waals surface area contributed by atoms with Gasteiger partial charge in [-0.05, 0) is 38.4 Å². The van der Waals surface area contributed by atoms with Crippen molar-refractivity contribution in [3.8, 4) is 0 Å². The molecule has 4 nitrogen and oxygen atoms in total. The second kappa shape index (κ2) is 6.41. The van der Waals surface area contributed by atoms with Crippen LogP contribution in [0, 0.1) is 6.92 Å². The number of aromatic nitrogens is 2. The summed E-state index contributed by atoms with van der Waals surface area (Å²) in [4.78, 5) is 5.77. The molecule has 1 N–H and O–H groups in total. The fourth-order valence-electron chi connectivity index (χ4n) is 2.34. The molecule has 106 valence electrons. The van der Waals surface area contributed by atoms with E-state index in [1.807, 2.05) is 0 Å². The van der Waals surface area contributed by atoms with E-state index in [-0.39, 0.29) is 0 Å². The van der Waals surface area contributed by atoms with E-state index in [0.717, 1.165) is 37.0 Å². The van der Waals surface area contributed by atoms with Crippen LogP contribution < -0.4 is 5.32 Å². The van der Waals surface area contributed by atoms with Crippen molar-refractivity contribution in [3.63, 3.8) is 0 Å². The van der Waals surface area contributed by atoms with Crippen molar-refractivity contribution in [1.82, 2.24) is 15.5 Å². The Labute approximate surface area is 123 Å². The summed E-state index contributed by atoms with van der Waals surface area (Å²) in [5.41, 5.74) is 1.28. The van der Waals surface area contributed by atoms with Gasteiger partial charge in [-0.1, -0.05) is 22.9 Å². The van der Waals surface area contributed by atoms with E-state index < -0.39 is 0 Å². The van der Waals surface area contributed by atoms with Crippen LogP contribution in [0.4, 0.5) is 0 Å². The molecule has 0 bridgehead atoms. The van der Waals surface area contributed by atoms with Gasteiger partial charge >= 0.3 is 0 Å². The van der Waals surface area contributed by atoms with Gasteiger partial charge in [-0.2, -0.15) is 4.98 Å². The van der Waals surface area contributed by atoms with Gasteiger partial charge in [-0.3, -0.25) is 0 Å². The largest absolute Gasteiger partial charge is 0.339 e. The predicted octanol–water partition coefficient (Wildman–Crippen LogP) is 3.14. The van der Waals surface area contributed by atoms with Crippen molar-refractivity contribution in [2.75, 3.05) is 13.1 Å². The molecule has 1 aliphatic heterocycles. The summed E-state index contributed by atoms with van der Waals surface area (Å²) >= 11 is 1.74. The van der Waals surface area contributed by atoms with E-state index in [2.05, 4.69) is 46.6 Å². The first-order valence-corrected chi connectivity index (χ1v) is 8.02. The molecule has 1 saturated heterocycles. The fourth-order valence-corrected chi connectivity index (χ4v) is 3.08. The number of benzene rings is 1. The summed E-state index contributed by atoms with van der Waals surface area (Å²) in [7, 11) is 0. The van der Waals surface area contributed by atoms with Crippen molar-refractivity contribution in [1.29, 1.82) is 0 Å². The van der Waals surface area contributed by atoms with E-state index in [1.165, 1.54) is 16.9 Å². The van der Waals surface area contributed by atoms with Gasteiger partial charge in [-0.15, -0.1) is 11.8 Å². The highest BCUT2D eigenvalue weighted by Gasteiger charge is 2.21. The van der Waals surface area contributed by atoms with Gasteiger partial charge in [0.2, 0.25) is 5.89 Å². The summed E-state index contributed by atoms with van der Waals surface area (Å²) in [5.74, 6) is 2.72. The summed E-state index contributed by atoms with van der Waals surface area (Å²) < 4.78 is 5.40. The third kappa shape index (κ3) is 3.41. The van der Waals surface area contributed by atoms with Crippen LogP contribution in [0.5, 0.6) is 0 Å². The van der Waals surface area contributed by atoms with Crippen molar-refractivity contribution in [2.45, 2.75) is 36.3 Å². The predicted molar refractivity (Wildman–Crippen MR) is 79.9 cm³/mol. The summed E-state index contributed by atoms with van der Waals surface area (Å²) in [6.45, 7) is 4.14. The maximum absolute atomic E-state index is 5.40. The minimum absolute atomic E-state index is 0.384. The second-order valence-electron chi connectivity index (χ2n) is 5.19. The van der Waals surface area contributed by atoms with Crippen LogP contribution in [-0.4, -0.2) is 23.2 Å². The van der Waals surface area contributed by atoms with Crippen LogP contribution in [0.1, 0.15) is 36.0 Å². The molecule has 1 atom stereocenters. The molecule has 1 aromatic heterocycles. The number of piperidine rings is 1. The molecule has 1 fully saturated rings. The van der Waals surface area contributed by atoms with Crippen LogP contribution in [0.25, 0.3) is 0 Å². The highest BCUT2D eigenvalue weighted by Crippen LogP contribution is 2.25. The summed E-state index contributed by atoms with van der Waals surface area (Å²) in [6, 6.07) is 8.51. The average molecular weight is 289 g/mol. The number of hydrogen-bond donors (Lipinski definition) is 1. The quantitative estimate of drug-likeness (QED) is 0.876. The SMILES string of the molecule is Cc1ccc(SCc2noc([C@@H]3CCCNC3)n2)cc1. The lowest BCUT2D eigenvalue weighted by atomic mass is 10.00. The van der Waals surface area contributed by atoms with Gasteiger partial charge < -0.3 is 9.84 Å². The van der Waals surface area contributed by atoms with E-state index in [0.29, 0.717) is 5.92 Å². The van der Waals surface area contributed by atoms with E-state index in [4.69, 9.17) is 4.52 Å². The molecule has 5 heteroatoms. The third-order valence-electron chi connectivity index (χ3n) is 3.52. The first kappa shape index (κ1) is 13.6. The monoisotopic (exact) mass is 289 g/mol. The minimum Gasteiger partial charge on any atom is -0.339 e. The number of nitrogens with zero attached hydrogens (tertiary/aromatic N) is 2. The molecule has 0 unspecified atom stereocenters. The van der Waals surface area contributed by atoms with Crippen molar-refractivity contribution >= 4 is 11.8 Å². The zero-order valence-electron chi connectivity index (χ0n) is 11.6. The van der Waals surface area contributed by atoms with Gasteiger partial charge in [0.1, 0.15) is 0 Å². The van der Waals surface area contributed by atoms with Crippen LogP contribution in [0.3, 0.4) is 0 Å². The number of rotatable bonds is 4. The maximum atomic E-state index is 5.40. The Balaban J connectivity index is 1.58. The summed E-state index contributed by atoms with van der Waals surface area (Å²) in [5, 5.41) is 7.46. The lowest BCUT2D eigenvalue weighted by Crippen LogP contribution is -2.28. The van der Waals surface area contributed by atoms with Crippen molar-refractivity contribution < 1.29 is 4.52 Å². The topological polar surface area (TPSA) is 51.0 Å².